The lowest BCUT2D eigenvalue weighted by atomic mass is 10.2. The van der Waals surface area contributed by atoms with Crippen LogP contribution in [0.2, 0.25) is 5.02 Å². The zero-order valence-corrected chi connectivity index (χ0v) is 17.8. The molecule has 174 valence electrons. The van der Waals surface area contributed by atoms with Crippen LogP contribution in [0.1, 0.15) is 23.2 Å². The molecule has 0 aliphatic carbocycles. The minimum absolute atomic E-state index is 0.0398. The van der Waals surface area contributed by atoms with Gasteiger partial charge in [-0.3, -0.25) is 14.9 Å². The number of non-ortho nitro benzene ring substituents is 1. The summed E-state index contributed by atoms with van der Waals surface area (Å²) >= 11 is 5.98. The Morgan fingerprint density at radius 1 is 1.12 bits per heavy atom. The van der Waals surface area contributed by atoms with E-state index in [-0.39, 0.29) is 58.4 Å². The third-order valence-electron chi connectivity index (χ3n) is 4.10. The summed E-state index contributed by atoms with van der Waals surface area (Å²) in [5.41, 5.74) is 0.0768. The molecule has 0 bridgehead atoms. The first-order chi connectivity index (χ1) is 15.8. The predicted molar refractivity (Wildman–Crippen MR) is 113 cm³/mol. The maximum absolute atomic E-state index is 12.5. The number of ether oxygens (including phenoxy) is 3. The summed E-state index contributed by atoms with van der Waals surface area (Å²) in [6, 6.07) is 10.6. The van der Waals surface area contributed by atoms with E-state index in [1.165, 1.54) is 48.5 Å². The lowest BCUT2D eigenvalue weighted by Crippen LogP contribution is -2.11. The molecule has 1 aromatic heterocycles. The maximum Gasteiger partial charge on any atom is 0.387 e. The van der Waals surface area contributed by atoms with Crippen molar-refractivity contribution in [3.05, 3.63) is 75.2 Å². The molecular weight excluding hydrogens is 466 g/mol. The SMILES string of the molecule is CCOc1cc(NC(=O)c2ccc(COc3cc([N+](=O)[O-])ccc3Cl)o2)ccc1OC(F)F. The van der Waals surface area contributed by atoms with Crippen LogP contribution in [-0.2, 0) is 6.61 Å². The normalized spacial score (nSPS) is 10.7. The molecule has 0 saturated heterocycles. The van der Waals surface area contributed by atoms with Crippen molar-refractivity contribution in [2.75, 3.05) is 11.9 Å². The summed E-state index contributed by atoms with van der Waals surface area (Å²) in [5, 5.41) is 13.6. The lowest BCUT2D eigenvalue weighted by molar-refractivity contribution is -0.384. The standard InChI is InChI=1S/C21H17ClF2N2O7/c1-2-30-19-9-12(3-7-16(19)33-21(23)24)25-20(27)17-8-5-14(32-17)11-31-18-10-13(26(28)29)4-6-15(18)22/h3-10,21H,2,11H2,1H3,(H,25,27). The molecule has 0 unspecified atom stereocenters. The van der Waals surface area contributed by atoms with Gasteiger partial charge < -0.3 is 23.9 Å². The summed E-state index contributed by atoms with van der Waals surface area (Å²) in [4.78, 5) is 22.8. The van der Waals surface area contributed by atoms with Crippen molar-refractivity contribution in [2.45, 2.75) is 20.1 Å². The molecule has 0 saturated carbocycles. The van der Waals surface area contributed by atoms with Gasteiger partial charge in [-0.15, -0.1) is 0 Å². The van der Waals surface area contributed by atoms with E-state index < -0.39 is 17.4 Å². The van der Waals surface area contributed by atoms with Crippen LogP contribution in [0.4, 0.5) is 20.2 Å². The average molecular weight is 483 g/mol. The number of nitro benzene ring substituents is 1. The zero-order valence-electron chi connectivity index (χ0n) is 17.0. The van der Waals surface area contributed by atoms with E-state index in [9.17, 15) is 23.7 Å². The fourth-order valence-corrected chi connectivity index (χ4v) is 2.85. The van der Waals surface area contributed by atoms with Crippen molar-refractivity contribution in [2.24, 2.45) is 0 Å². The van der Waals surface area contributed by atoms with Crippen molar-refractivity contribution in [1.82, 2.24) is 0 Å². The van der Waals surface area contributed by atoms with E-state index in [4.69, 9.17) is 25.5 Å². The molecule has 0 atom stereocenters. The molecule has 3 aromatic rings. The number of benzene rings is 2. The highest BCUT2D eigenvalue weighted by molar-refractivity contribution is 6.32. The number of nitro groups is 1. The molecule has 12 heteroatoms. The summed E-state index contributed by atoms with van der Waals surface area (Å²) in [5.74, 6) is -0.439. The quantitative estimate of drug-likeness (QED) is 0.292. The van der Waals surface area contributed by atoms with Gasteiger partial charge in [0.2, 0.25) is 0 Å². The smallest absolute Gasteiger partial charge is 0.387 e. The van der Waals surface area contributed by atoms with Crippen molar-refractivity contribution >= 4 is 28.9 Å². The van der Waals surface area contributed by atoms with Gasteiger partial charge in [-0.2, -0.15) is 8.78 Å². The molecule has 1 heterocycles. The Morgan fingerprint density at radius 3 is 2.61 bits per heavy atom. The highest BCUT2D eigenvalue weighted by Gasteiger charge is 2.16. The minimum Gasteiger partial charge on any atom is -0.490 e. The first-order valence-electron chi connectivity index (χ1n) is 9.45. The number of halogens is 3. The Labute approximate surface area is 191 Å². The highest BCUT2D eigenvalue weighted by Crippen LogP contribution is 2.32. The molecule has 2 aromatic carbocycles. The Morgan fingerprint density at radius 2 is 1.91 bits per heavy atom. The van der Waals surface area contributed by atoms with Crippen LogP contribution in [0.3, 0.4) is 0 Å². The number of furan rings is 1. The Bertz CT molecular complexity index is 1150. The van der Waals surface area contributed by atoms with Gasteiger partial charge in [0.25, 0.3) is 11.6 Å². The van der Waals surface area contributed by atoms with Crippen LogP contribution < -0.4 is 19.5 Å². The Kier molecular flexibility index (Phi) is 7.67. The van der Waals surface area contributed by atoms with Gasteiger partial charge in [-0.25, -0.2) is 0 Å². The largest absolute Gasteiger partial charge is 0.490 e. The van der Waals surface area contributed by atoms with Crippen molar-refractivity contribution in [3.63, 3.8) is 0 Å². The third-order valence-corrected chi connectivity index (χ3v) is 4.41. The topological polar surface area (TPSA) is 113 Å². The van der Waals surface area contributed by atoms with Gasteiger partial charge in [0.15, 0.2) is 17.3 Å². The number of amides is 1. The average Bonchev–Trinajstić information content (AvgIpc) is 3.24. The fourth-order valence-electron chi connectivity index (χ4n) is 2.68. The van der Waals surface area contributed by atoms with Crippen LogP contribution in [0.5, 0.6) is 17.2 Å². The second kappa shape index (κ2) is 10.6. The monoisotopic (exact) mass is 482 g/mol. The minimum atomic E-state index is -3.02. The number of nitrogens with one attached hydrogen (secondary N) is 1. The zero-order chi connectivity index (χ0) is 24.0. The second-order valence-electron chi connectivity index (χ2n) is 6.35. The Hall–Kier alpha value is -3.86. The molecule has 0 spiro atoms. The van der Waals surface area contributed by atoms with E-state index in [1.54, 1.807) is 6.92 Å². The van der Waals surface area contributed by atoms with Gasteiger partial charge in [-0.1, -0.05) is 11.6 Å². The van der Waals surface area contributed by atoms with Crippen molar-refractivity contribution in [3.8, 4) is 17.2 Å². The van der Waals surface area contributed by atoms with Crippen LogP contribution in [-0.4, -0.2) is 24.0 Å². The molecule has 0 aliphatic heterocycles. The van der Waals surface area contributed by atoms with E-state index in [1.807, 2.05) is 0 Å². The summed E-state index contributed by atoms with van der Waals surface area (Å²) in [7, 11) is 0. The fraction of sp³-hybridized carbons (Fsp3) is 0.190. The predicted octanol–water partition coefficient (Wildman–Crippen LogP) is 5.67. The molecule has 0 aliphatic rings. The number of carbonyl (C=O) groups excluding carboxylic acids is 1. The molecule has 0 fully saturated rings. The van der Waals surface area contributed by atoms with E-state index in [0.717, 1.165) is 0 Å². The molecule has 1 N–H and O–H groups in total. The van der Waals surface area contributed by atoms with E-state index in [2.05, 4.69) is 10.1 Å². The lowest BCUT2D eigenvalue weighted by Gasteiger charge is -2.13. The molecular formula is C21H17ClF2N2O7. The van der Waals surface area contributed by atoms with Crippen molar-refractivity contribution in [1.29, 1.82) is 0 Å². The van der Waals surface area contributed by atoms with Gasteiger partial charge in [-0.05, 0) is 37.3 Å². The van der Waals surface area contributed by atoms with E-state index in [0.29, 0.717) is 0 Å². The maximum atomic E-state index is 12.5. The van der Waals surface area contributed by atoms with Gasteiger partial charge >= 0.3 is 6.61 Å². The number of carbonyl (C=O) groups is 1. The van der Waals surface area contributed by atoms with Gasteiger partial charge in [0.05, 0.1) is 22.6 Å². The van der Waals surface area contributed by atoms with Crippen LogP contribution in [0, 0.1) is 10.1 Å². The van der Waals surface area contributed by atoms with Crippen LogP contribution in [0.15, 0.2) is 52.9 Å². The Balaban J connectivity index is 1.66. The molecule has 3 rings (SSSR count). The van der Waals surface area contributed by atoms with E-state index >= 15 is 0 Å². The molecule has 1 amide bonds. The van der Waals surface area contributed by atoms with Gasteiger partial charge in [0, 0.05) is 17.8 Å². The summed E-state index contributed by atoms with van der Waals surface area (Å²) < 4.78 is 45.6. The highest BCUT2D eigenvalue weighted by atomic mass is 35.5. The number of hydrogen-bond donors (Lipinski definition) is 1. The number of hydrogen-bond acceptors (Lipinski definition) is 7. The van der Waals surface area contributed by atoms with Gasteiger partial charge in [0.1, 0.15) is 18.1 Å². The first-order valence-corrected chi connectivity index (χ1v) is 9.83. The number of alkyl halides is 2. The van der Waals surface area contributed by atoms with Crippen molar-refractivity contribution < 1.29 is 37.1 Å². The molecule has 9 nitrogen and oxygen atoms in total. The number of rotatable bonds is 10. The van der Waals surface area contributed by atoms with Crippen LogP contribution >= 0.6 is 11.6 Å². The first kappa shape index (κ1) is 23.8. The molecule has 33 heavy (non-hydrogen) atoms. The second-order valence-corrected chi connectivity index (χ2v) is 6.76. The third kappa shape index (κ3) is 6.32. The molecule has 0 radical (unpaired) electrons. The summed E-state index contributed by atoms with van der Waals surface area (Å²) in [6.45, 7) is -1.29. The van der Waals surface area contributed by atoms with Crippen LogP contribution in [0.25, 0.3) is 0 Å². The number of anilines is 1. The summed E-state index contributed by atoms with van der Waals surface area (Å²) in [6.07, 6.45) is 0. The number of nitrogens with zero attached hydrogens (tertiary/aromatic N) is 1.